The molecule has 2 rings (SSSR count). The molecule has 1 aliphatic rings. The van der Waals surface area contributed by atoms with Crippen molar-refractivity contribution >= 4 is 40.7 Å². The van der Waals surface area contributed by atoms with Crippen molar-refractivity contribution in [2.75, 3.05) is 26.2 Å². The fourth-order valence-electron chi connectivity index (χ4n) is 2.52. The molecule has 0 spiro atoms. The molecule has 20 heavy (non-hydrogen) atoms. The van der Waals surface area contributed by atoms with Crippen LogP contribution in [0.4, 0.5) is 0 Å². The highest BCUT2D eigenvalue weighted by Gasteiger charge is 2.23. The molecule has 1 atom stereocenters. The van der Waals surface area contributed by atoms with Gasteiger partial charge < -0.3 is 5.32 Å². The molecule has 6 heteroatoms. The third-order valence-electron chi connectivity index (χ3n) is 3.42. The molecule has 2 heterocycles. The van der Waals surface area contributed by atoms with E-state index in [1.807, 2.05) is 12.3 Å². The largest absolute Gasteiger partial charge is 0.314 e. The Morgan fingerprint density at radius 2 is 1.90 bits per heavy atom. The zero-order valence-electron chi connectivity index (χ0n) is 12.0. The Hall–Kier alpha value is 0.130. The van der Waals surface area contributed by atoms with Crippen molar-refractivity contribution in [3.05, 3.63) is 28.5 Å². The van der Waals surface area contributed by atoms with E-state index in [0.29, 0.717) is 12.0 Å². The van der Waals surface area contributed by atoms with E-state index in [-0.39, 0.29) is 24.8 Å². The first-order chi connectivity index (χ1) is 8.66. The molecule has 0 aliphatic carbocycles. The van der Waals surface area contributed by atoms with E-state index < -0.39 is 0 Å². The molecule has 0 bridgehead atoms. The van der Waals surface area contributed by atoms with E-state index in [4.69, 9.17) is 0 Å². The van der Waals surface area contributed by atoms with Gasteiger partial charge in [0.05, 0.1) is 0 Å². The van der Waals surface area contributed by atoms with Crippen molar-refractivity contribution in [3.8, 4) is 0 Å². The van der Waals surface area contributed by atoms with E-state index in [1.165, 1.54) is 12.0 Å². The number of nitrogens with one attached hydrogen (secondary N) is 1. The van der Waals surface area contributed by atoms with Crippen LogP contribution >= 0.6 is 40.7 Å². The Balaban J connectivity index is 0.00000180. The molecule has 0 saturated carbocycles. The maximum Gasteiger partial charge on any atom is 0.106 e. The van der Waals surface area contributed by atoms with Gasteiger partial charge in [-0.25, -0.2) is 4.98 Å². The quantitative estimate of drug-likeness (QED) is 0.802. The normalized spacial score (nSPS) is 17.2. The maximum absolute atomic E-state index is 4.38. The Morgan fingerprint density at radius 3 is 2.40 bits per heavy atom. The predicted molar refractivity (Wildman–Crippen MR) is 93.1 cm³/mol. The molecule has 0 aromatic carbocycles. The average molecular weight is 385 g/mol. The molecule has 0 unspecified atom stereocenters. The lowest BCUT2D eigenvalue weighted by atomic mass is 9.96. The second-order valence-electron chi connectivity index (χ2n) is 5.35. The summed E-state index contributed by atoms with van der Waals surface area (Å²) < 4.78 is 0.912. The summed E-state index contributed by atoms with van der Waals surface area (Å²) in [5.74, 6) is 0.702. The smallest absolute Gasteiger partial charge is 0.106 e. The molecule has 1 aliphatic heterocycles. The van der Waals surface area contributed by atoms with Crippen molar-refractivity contribution in [1.29, 1.82) is 0 Å². The number of nitrogens with zero attached hydrogens (tertiary/aromatic N) is 2. The van der Waals surface area contributed by atoms with Crippen molar-refractivity contribution in [2.45, 2.75) is 26.3 Å². The third-order valence-corrected chi connectivity index (χ3v) is 3.89. The van der Waals surface area contributed by atoms with Crippen LogP contribution in [0.15, 0.2) is 22.9 Å². The molecule has 0 amide bonds. The molecular formula is C14H24BrCl2N3. The fourth-order valence-corrected chi connectivity index (χ4v) is 2.76. The predicted octanol–water partition coefficient (Wildman–Crippen LogP) is 3.68. The first-order valence-electron chi connectivity index (χ1n) is 6.73. The zero-order valence-corrected chi connectivity index (χ0v) is 15.2. The monoisotopic (exact) mass is 383 g/mol. The Bertz CT molecular complexity index is 367. The first kappa shape index (κ1) is 20.1. The van der Waals surface area contributed by atoms with E-state index in [1.54, 1.807) is 0 Å². The lowest BCUT2D eigenvalue weighted by molar-refractivity contribution is 0.154. The van der Waals surface area contributed by atoms with Crippen molar-refractivity contribution in [2.24, 2.45) is 5.92 Å². The summed E-state index contributed by atoms with van der Waals surface area (Å²) in [6, 6.07) is 4.75. The number of aromatic nitrogens is 1. The number of halogens is 3. The lowest BCUT2D eigenvalue weighted by Gasteiger charge is -2.36. The molecule has 1 fully saturated rings. The van der Waals surface area contributed by atoms with Crippen molar-refractivity contribution in [3.63, 3.8) is 0 Å². The van der Waals surface area contributed by atoms with Gasteiger partial charge in [0.2, 0.25) is 0 Å². The van der Waals surface area contributed by atoms with E-state index >= 15 is 0 Å². The summed E-state index contributed by atoms with van der Waals surface area (Å²) in [5, 5.41) is 3.42. The molecule has 1 aromatic heterocycles. The maximum atomic E-state index is 4.38. The number of pyridine rings is 1. The summed E-state index contributed by atoms with van der Waals surface area (Å²) in [5.41, 5.74) is 1.34. The Kier molecular flexibility index (Phi) is 10.0. The second-order valence-corrected chi connectivity index (χ2v) is 6.16. The molecule has 116 valence electrons. The molecule has 1 N–H and O–H groups in total. The van der Waals surface area contributed by atoms with Crippen LogP contribution in [0.5, 0.6) is 0 Å². The number of piperazine rings is 1. The molecule has 0 radical (unpaired) electrons. The third kappa shape index (κ3) is 5.86. The van der Waals surface area contributed by atoms with Crippen molar-refractivity contribution in [1.82, 2.24) is 15.2 Å². The zero-order chi connectivity index (χ0) is 13.0. The summed E-state index contributed by atoms with van der Waals surface area (Å²) >= 11 is 3.41. The van der Waals surface area contributed by atoms with Crippen LogP contribution in [-0.2, 0) is 0 Å². The van der Waals surface area contributed by atoms with E-state index in [9.17, 15) is 0 Å². The van der Waals surface area contributed by atoms with Gasteiger partial charge in [-0.2, -0.15) is 0 Å². The molecule has 1 aromatic rings. The number of hydrogen-bond donors (Lipinski definition) is 1. The van der Waals surface area contributed by atoms with Gasteiger partial charge in [0.25, 0.3) is 0 Å². The summed E-state index contributed by atoms with van der Waals surface area (Å²) in [7, 11) is 0. The van der Waals surface area contributed by atoms with Crippen molar-refractivity contribution < 1.29 is 0 Å². The van der Waals surface area contributed by atoms with Crippen LogP contribution < -0.4 is 5.32 Å². The highest BCUT2D eigenvalue weighted by atomic mass is 79.9. The fraction of sp³-hybridized carbons (Fsp3) is 0.643. The van der Waals surface area contributed by atoms with Crippen LogP contribution in [0.2, 0.25) is 0 Å². The molecule has 1 saturated heterocycles. The number of rotatable bonds is 4. The van der Waals surface area contributed by atoms with E-state index in [2.05, 4.69) is 51.0 Å². The van der Waals surface area contributed by atoms with Gasteiger partial charge in [-0.1, -0.05) is 19.9 Å². The number of hydrogen-bond acceptors (Lipinski definition) is 3. The summed E-state index contributed by atoms with van der Waals surface area (Å²) in [4.78, 5) is 6.96. The van der Waals surface area contributed by atoms with Crippen LogP contribution in [0.3, 0.4) is 0 Å². The van der Waals surface area contributed by atoms with Gasteiger partial charge in [0, 0.05) is 38.4 Å². The highest BCUT2D eigenvalue weighted by molar-refractivity contribution is 9.10. The molecular weight excluding hydrogens is 361 g/mol. The van der Waals surface area contributed by atoms with Gasteiger partial charge in [-0.3, -0.25) is 4.90 Å². The highest BCUT2D eigenvalue weighted by Crippen LogP contribution is 2.28. The van der Waals surface area contributed by atoms with Crippen LogP contribution in [0.25, 0.3) is 0 Å². The van der Waals surface area contributed by atoms with E-state index in [0.717, 1.165) is 30.8 Å². The average Bonchev–Trinajstić information content (AvgIpc) is 2.38. The van der Waals surface area contributed by atoms with Gasteiger partial charge >= 0.3 is 0 Å². The summed E-state index contributed by atoms with van der Waals surface area (Å²) in [6.45, 7) is 9.04. The minimum Gasteiger partial charge on any atom is -0.314 e. The van der Waals surface area contributed by atoms with Gasteiger partial charge in [0.15, 0.2) is 0 Å². The minimum absolute atomic E-state index is 0. The Labute approximate surface area is 142 Å². The van der Waals surface area contributed by atoms with Crippen LogP contribution in [-0.4, -0.2) is 36.1 Å². The molecule has 3 nitrogen and oxygen atoms in total. The SMILES string of the molecule is CC(C)C[C@@H](c1ccc(Br)nc1)N1CCNCC1.Cl.Cl. The topological polar surface area (TPSA) is 28.2 Å². The second kappa shape index (κ2) is 9.96. The first-order valence-corrected chi connectivity index (χ1v) is 7.52. The Morgan fingerprint density at radius 1 is 1.25 bits per heavy atom. The van der Waals surface area contributed by atoms with Crippen LogP contribution in [0.1, 0.15) is 31.9 Å². The van der Waals surface area contributed by atoms with Gasteiger partial charge in [-0.15, -0.1) is 24.8 Å². The van der Waals surface area contributed by atoms with Gasteiger partial charge in [0.1, 0.15) is 4.60 Å². The standard InChI is InChI=1S/C14H22BrN3.2ClH/c1-11(2)9-13(18-7-5-16-6-8-18)12-3-4-14(15)17-10-12;;/h3-4,10-11,13,16H,5-9H2,1-2H3;2*1H/t13-;;/m0../s1. The van der Waals surface area contributed by atoms with Gasteiger partial charge in [-0.05, 0) is 39.9 Å². The summed E-state index contributed by atoms with van der Waals surface area (Å²) in [6.07, 6.45) is 3.21. The lowest BCUT2D eigenvalue weighted by Crippen LogP contribution is -2.45. The minimum atomic E-state index is 0. The van der Waals surface area contributed by atoms with Crippen LogP contribution in [0, 0.1) is 5.92 Å².